The van der Waals surface area contributed by atoms with Gasteiger partial charge >= 0.3 is 6.11 Å². The number of hydrogen-bond donors (Lipinski definition) is 0. The van der Waals surface area contributed by atoms with Crippen LogP contribution in [0, 0.1) is 24.2 Å². The van der Waals surface area contributed by atoms with Crippen LogP contribution in [0.3, 0.4) is 0 Å². The van der Waals surface area contributed by atoms with Crippen LogP contribution in [-0.4, -0.2) is 12.7 Å². The Morgan fingerprint density at radius 2 is 1.93 bits per heavy atom. The molecule has 0 bridgehead atoms. The largest absolute Gasteiger partial charge is 0.357 e. The molecule has 0 amide bonds. The summed E-state index contributed by atoms with van der Waals surface area (Å²) in [7, 11) is 0. The maximum Gasteiger partial charge on any atom is 0.357 e. The summed E-state index contributed by atoms with van der Waals surface area (Å²) in [5.74, 6) is 1.89. The van der Waals surface area contributed by atoms with Crippen molar-refractivity contribution in [1.82, 2.24) is 0 Å². The van der Waals surface area contributed by atoms with Crippen LogP contribution >= 0.6 is 0 Å². The monoisotopic (exact) mass is 204 g/mol. The van der Waals surface area contributed by atoms with Gasteiger partial charge in [-0.2, -0.15) is 8.78 Å². The molecule has 0 radical (unpaired) electrons. The van der Waals surface area contributed by atoms with Crippen LogP contribution in [-0.2, 0) is 4.74 Å². The second-order valence-corrected chi connectivity index (χ2v) is 3.77. The van der Waals surface area contributed by atoms with E-state index in [1.807, 2.05) is 6.92 Å². The zero-order valence-electron chi connectivity index (χ0n) is 9.02. The standard InChI is InChI=1S/C11H18F2O/c1-5-10(4)7-6-8-14-11(12,13)9(2)3/h1,9-10H,6-8H2,2-4H3. The van der Waals surface area contributed by atoms with Gasteiger partial charge in [0.05, 0.1) is 6.61 Å². The van der Waals surface area contributed by atoms with Gasteiger partial charge in [-0.25, -0.2) is 0 Å². The smallest absolute Gasteiger partial charge is 0.320 e. The zero-order valence-corrected chi connectivity index (χ0v) is 9.02. The Balaban J connectivity index is 3.60. The van der Waals surface area contributed by atoms with Gasteiger partial charge in [0.15, 0.2) is 0 Å². The summed E-state index contributed by atoms with van der Waals surface area (Å²) in [6.45, 7) is 4.83. The quantitative estimate of drug-likeness (QED) is 0.476. The van der Waals surface area contributed by atoms with Gasteiger partial charge in [0.1, 0.15) is 0 Å². The van der Waals surface area contributed by atoms with Crippen LogP contribution in [0.2, 0.25) is 0 Å². The fraction of sp³-hybridized carbons (Fsp3) is 0.818. The van der Waals surface area contributed by atoms with Gasteiger partial charge in [-0.3, -0.25) is 0 Å². The molecule has 1 unspecified atom stereocenters. The molecule has 0 saturated carbocycles. The first kappa shape index (κ1) is 13.4. The molecule has 0 aliphatic rings. The molecule has 0 aromatic carbocycles. The molecule has 14 heavy (non-hydrogen) atoms. The Kier molecular flexibility index (Phi) is 5.71. The second-order valence-electron chi connectivity index (χ2n) is 3.77. The predicted octanol–water partition coefficient (Wildman–Crippen LogP) is 3.30. The first-order valence-electron chi connectivity index (χ1n) is 4.88. The lowest BCUT2D eigenvalue weighted by molar-refractivity contribution is -0.265. The summed E-state index contributed by atoms with van der Waals surface area (Å²) in [6, 6.07) is 0. The number of halogens is 2. The average Bonchev–Trinajstić information content (AvgIpc) is 2.11. The van der Waals surface area contributed by atoms with Crippen molar-refractivity contribution in [1.29, 1.82) is 0 Å². The maximum absolute atomic E-state index is 12.9. The van der Waals surface area contributed by atoms with Gasteiger partial charge in [0, 0.05) is 11.8 Å². The lowest BCUT2D eigenvalue weighted by atomic mass is 10.1. The fourth-order valence-corrected chi connectivity index (χ4v) is 0.848. The molecule has 0 saturated heterocycles. The van der Waals surface area contributed by atoms with Crippen molar-refractivity contribution >= 4 is 0 Å². The van der Waals surface area contributed by atoms with Crippen molar-refractivity contribution in [2.75, 3.05) is 6.61 Å². The molecular formula is C11H18F2O. The van der Waals surface area contributed by atoms with E-state index in [-0.39, 0.29) is 12.5 Å². The van der Waals surface area contributed by atoms with E-state index in [1.165, 1.54) is 13.8 Å². The highest BCUT2D eigenvalue weighted by Gasteiger charge is 2.34. The molecule has 0 aromatic heterocycles. The van der Waals surface area contributed by atoms with E-state index in [1.54, 1.807) is 0 Å². The number of alkyl halides is 2. The van der Waals surface area contributed by atoms with E-state index < -0.39 is 12.0 Å². The van der Waals surface area contributed by atoms with E-state index in [0.29, 0.717) is 6.42 Å². The van der Waals surface area contributed by atoms with Crippen LogP contribution < -0.4 is 0 Å². The van der Waals surface area contributed by atoms with Crippen molar-refractivity contribution in [2.24, 2.45) is 11.8 Å². The molecule has 0 aromatic rings. The Morgan fingerprint density at radius 3 is 2.36 bits per heavy atom. The molecule has 3 heteroatoms. The molecular weight excluding hydrogens is 186 g/mol. The van der Waals surface area contributed by atoms with Gasteiger partial charge in [0.25, 0.3) is 0 Å². The van der Waals surface area contributed by atoms with Gasteiger partial charge in [0.2, 0.25) is 0 Å². The predicted molar refractivity (Wildman–Crippen MR) is 53.0 cm³/mol. The Bertz CT molecular complexity index is 194. The number of ether oxygens (including phenoxy) is 1. The molecule has 1 atom stereocenters. The summed E-state index contributed by atoms with van der Waals surface area (Å²) in [6.07, 6.45) is 3.44. The number of hydrogen-bond acceptors (Lipinski definition) is 1. The molecule has 0 aliphatic heterocycles. The fourth-order valence-electron chi connectivity index (χ4n) is 0.848. The molecule has 0 rings (SSSR count). The van der Waals surface area contributed by atoms with Crippen LogP contribution in [0.5, 0.6) is 0 Å². The van der Waals surface area contributed by atoms with Gasteiger partial charge in [-0.05, 0) is 12.8 Å². The van der Waals surface area contributed by atoms with E-state index in [2.05, 4.69) is 10.7 Å². The normalized spacial score (nSPS) is 14.1. The molecule has 0 N–H and O–H groups in total. The van der Waals surface area contributed by atoms with Crippen molar-refractivity contribution in [3.8, 4) is 12.3 Å². The summed E-state index contributed by atoms with van der Waals surface area (Å²) < 4.78 is 30.3. The van der Waals surface area contributed by atoms with Crippen molar-refractivity contribution < 1.29 is 13.5 Å². The minimum Gasteiger partial charge on any atom is -0.320 e. The minimum atomic E-state index is -3.01. The summed E-state index contributed by atoms with van der Waals surface area (Å²) in [4.78, 5) is 0. The SMILES string of the molecule is C#CC(C)CCCOC(F)(F)C(C)C. The number of terminal acetylenes is 1. The first-order valence-corrected chi connectivity index (χ1v) is 4.88. The molecule has 1 nitrogen and oxygen atoms in total. The average molecular weight is 204 g/mol. The third-order valence-electron chi connectivity index (χ3n) is 2.03. The second kappa shape index (κ2) is 5.98. The summed E-state index contributed by atoms with van der Waals surface area (Å²) in [5.41, 5.74) is 0. The lowest BCUT2D eigenvalue weighted by Gasteiger charge is -2.20. The highest BCUT2D eigenvalue weighted by molar-refractivity contribution is 4.89. The van der Waals surface area contributed by atoms with Crippen LogP contribution in [0.4, 0.5) is 8.78 Å². The van der Waals surface area contributed by atoms with Gasteiger partial charge < -0.3 is 4.74 Å². The van der Waals surface area contributed by atoms with Gasteiger partial charge in [-0.1, -0.05) is 20.8 Å². The Labute approximate surface area is 84.8 Å². The lowest BCUT2D eigenvalue weighted by Crippen LogP contribution is -2.28. The zero-order chi connectivity index (χ0) is 11.2. The third-order valence-corrected chi connectivity index (χ3v) is 2.03. The van der Waals surface area contributed by atoms with E-state index in [4.69, 9.17) is 6.42 Å². The maximum atomic E-state index is 12.9. The van der Waals surface area contributed by atoms with Crippen LogP contribution in [0.1, 0.15) is 33.6 Å². The van der Waals surface area contributed by atoms with Crippen molar-refractivity contribution in [3.05, 3.63) is 0 Å². The molecule has 0 heterocycles. The number of rotatable bonds is 6. The van der Waals surface area contributed by atoms with E-state index in [9.17, 15) is 8.78 Å². The third kappa shape index (κ3) is 5.18. The molecule has 0 fully saturated rings. The van der Waals surface area contributed by atoms with E-state index >= 15 is 0 Å². The van der Waals surface area contributed by atoms with Crippen molar-refractivity contribution in [3.63, 3.8) is 0 Å². The van der Waals surface area contributed by atoms with Crippen LogP contribution in [0.15, 0.2) is 0 Å². The van der Waals surface area contributed by atoms with Crippen LogP contribution in [0.25, 0.3) is 0 Å². The van der Waals surface area contributed by atoms with Gasteiger partial charge in [-0.15, -0.1) is 12.3 Å². The summed E-state index contributed by atoms with van der Waals surface area (Å²) in [5, 5.41) is 0. The molecule has 0 aliphatic carbocycles. The van der Waals surface area contributed by atoms with Crippen molar-refractivity contribution in [2.45, 2.75) is 39.7 Å². The Morgan fingerprint density at radius 1 is 1.36 bits per heavy atom. The molecule has 0 spiro atoms. The highest BCUT2D eigenvalue weighted by Crippen LogP contribution is 2.25. The van der Waals surface area contributed by atoms with E-state index in [0.717, 1.165) is 6.42 Å². The highest BCUT2D eigenvalue weighted by atomic mass is 19.3. The topological polar surface area (TPSA) is 9.23 Å². The molecule has 82 valence electrons. The summed E-state index contributed by atoms with van der Waals surface area (Å²) >= 11 is 0. The minimum absolute atomic E-state index is 0.0667. The first-order chi connectivity index (χ1) is 6.40. The Hall–Kier alpha value is -0.620.